The van der Waals surface area contributed by atoms with Gasteiger partial charge in [-0.2, -0.15) is 0 Å². The molecule has 0 bridgehead atoms. The first-order valence-electron chi connectivity index (χ1n) is 7.42. The Morgan fingerprint density at radius 3 is 2.33 bits per heavy atom. The molecule has 2 fully saturated rings. The van der Waals surface area contributed by atoms with Crippen molar-refractivity contribution in [3.05, 3.63) is 0 Å². The summed E-state index contributed by atoms with van der Waals surface area (Å²) < 4.78 is 0. The molecular weight excluding hydrogens is 226 g/mol. The summed E-state index contributed by atoms with van der Waals surface area (Å²) in [6.07, 6.45) is 7.83. The van der Waals surface area contributed by atoms with E-state index in [1.807, 2.05) is 4.90 Å². The number of aliphatic hydroxyl groups excluding tert-OH is 1. The minimum Gasteiger partial charge on any atom is -0.395 e. The van der Waals surface area contributed by atoms with E-state index in [1.54, 1.807) is 0 Å². The highest BCUT2D eigenvalue weighted by molar-refractivity contribution is 5.77. The maximum atomic E-state index is 12.3. The Balaban J connectivity index is 1.79. The van der Waals surface area contributed by atoms with Crippen LogP contribution in [0.25, 0.3) is 0 Å². The van der Waals surface area contributed by atoms with Crippen molar-refractivity contribution in [1.29, 1.82) is 0 Å². The molecule has 2 aliphatic carbocycles. The molecule has 0 aromatic heterocycles. The van der Waals surface area contributed by atoms with Crippen LogP contribution in [0.15, 0.2) is 0 Å². The average Bonchev–Trinajstić information content (AvgIpc) is 3.13. The van der Waals surface area contributed by atoms with Crippen molar-refractivity contribution in [2.24, 2.45) is 11.3 Å². The van der Waals surface area contributed by atoms with Gasteiger partial charge in [0.15, 0.2) is 0 Å². The monoisotopic (exact) mass is 253 g/mol. The van der Waals surface area contributed by atoms with Gasteiger partial charge in [0.2, 0.25) is 5.91 Å². The van der Waals surface area contributed by atoms with E-state index in [2.05, 4.69) is 13.8 Å². The van der Waals surface area contributed by atoms with Crippen molar-refractivity contribution in [3.8, 4) is 0 Å². The Kier molecular flexibility index (Phi) is 4.31. The standard InChI is InChI=1S/C15H27NO2/c1-15(2)7-5-12(6-8-15)11-14(18)16(9-10-17)13-3-4-13/h12-13,17H,3-11H2,1-2H3. The summed E-state index contributed by atoms with van der Waals surface area (Å²) in [5.74, 6) is 0.849. The van der Waals surface area contributed by atoms with Gasteiger partial charge in [0.05, 0.1) is 6.61 Å². The maximum Gasteiger partial charge on any atom is 0.223 e. The Bertz CT molecular complexity index is 287. The van der Waals surface area contributed by atoms with Crippen molar-refractivity contribution in [2.45, 2.75) is 64.8 Å². The van der Waals surface area contributed by atoms with E-state index in [0.717, 1.165) is 12.8 Å². The second-order valence-corrected chi connectivity index (χ2v) is 6.85. The van der Waals surface area contributed by atoms with Gasteiger partial charge < -0.3 is 10.0 Å². The van der Waals surface area contributed by atoms with Gasteiger partial charge in [-0.15, -0.1) is 0 Å². The second-order valence-electron chi connectivity index (χ2n) is 6.85. The lowest BCUT2D eigenvalue weighted by Crippen LogP contribution is -2.37. The molecule has 3 heteroatoms. The molecule has 0 unspecified atom stereocenters. The lowest BCUT2D eigenvalue weighted by molar-refractivity contribution is -0.133. The summed E-state index contributed by atoms with van der Waals surface area (Å²) in [6.45, 7) is 5.28. The molecule has 0 heterocycles. The van der Waals surface area contributed by atoms with Crippen LogP contribution in [0.1, 0.15) is 58.8 Å². The van der Waals surface area contributed by atoms with Crippen LogP contribution in [-0.4, -0.2) is 35.1 Å². The van der Waals surface area contributed by atoms with Crippen molar-refractivity contribution in [2.75, 3.05) is 13.2 Å². The number of rotatable bonds is 5. The molecule has 0 spiro atoms. The van der Waals surface area contributed by atoms with Crippen LogP contribution in [0.3, 0.4) is 0 Å². The van der Waals surface area contributed by atoms with Crippen LogP contribution < -0.4 is 0 Å². The normalized spacial score (nSPS) is 23.9. The fraction of sp³-hybridized carbons (Fsp3) is 0.933. The molecule has 0 saturated heterocycles. The lowest BCUT2D eigenvalue weighted by atomic mass is 9.72. The highest BCUT2D eigenvalue weighted by Gasteiger charge is 2.34. The first kappa shape index (κ1) is 13.9. The number of nitrogens with zero attached hydrogens (tertiary/aromatic N) is 1. The molecule has 0 radical (unpaired) electrons. The minimum atomic E-state index is 0.0972. The maximum absolute atomic E-state index is 12.3. The van der Waals surface area contributed by atoms with Gasteiger partial charge >= 0.3 is 0 Å². The minimum absolute atomic E-state index is 0.0972. The van der Waals surface area contributed by atoms with Crippen LogP contribution in [0.5, 0.6) is 0 Å². The fourth-order valence-electron chi connectivity index (χ4n) is 3.03. The third kappa shape index (κ3) is 3.71. The first-order chi connectivity index (χ1) is 8.52. The Morgan fingerprint density at radius 2 is 1.83 bits per heavy atom. The largest absolute Gasteiger partial charge is 0.395 e. The van der Waals surface area contributed by atoms with E-state index in [-0.39, 0.29) is 12.5 Å². The Hall–Kier alpha value is -0.570. The smallest absolute Gasteiger partial charge is 0.223 e. The molecular formula is C15H27NO2. The van der Waals surface area contributed by atoms with Crippen LogP contribution in [0.4, 0.5) is 0 Å². The summed E-state index contributed by atoms with van der Waals surface area (Å²) in [6, 6.07) is 0.435. The summed E-state index contributed by atoms with van der Waals surface area (Å²) in [5, 5.41) is 9.04. The van der Waals surface area contributed by atoms with Gasteiger partial charge in [-0.25, -0.2) is 0 Å². The molecule has 0 aliphatic heterocycles. The topological polar surface area (TPSA) is 40.5 Å². The van der Waals surface area contributed by atoms with Gasteiger partial charge in [0.25, 0.3) is 0 Å². The van der Waals surface area contributed by atoms with Crippen molar-refractivity contribution < 1.29 is 9.90 Å². The molecule has 2 saturated carbocycles. The van der Waals surface area contributed by atoms with Gasteiger partial charge in [0, 0.05) is 19.0 Å². The average molecular weight is 253 g/mol. The molecule has 104 valence electrons. The highest BCUT2D eigenvalue weighted by Crippen LogP contribution is 2.39. The summed E-state index contributed by atoms with van der Waals surface area (Å²) >= 11 is 0. The molecule has 0 aromatic rings. The number of carbonyl (C=O) groups excluding carboxylic acids is 1. The zero-order chi connectivity index (χ0) is 13.2. The van der Waals surface area contributed by atoms with Crippen LogP contribution >= 0.6 is 0 Å². The van der Waals surface area contributed by atoms with E-state index in [1.165, 1.54) is 25.7 Å². The van der Waals surface area contributed by atoms with Crippen LogP contribution in [0.2, 0.25) is 0 Å². The zero-order valence-electron chi connectivity index (χ0n) is 11.8. The van der Waals surface area contributed by atoms with Crippen molar-refractivity contribution in [1.82, 2.24) is 4.90 Å². The number of aliphatic hydroxyl groups is 1. The van der Waals surface area contributed by atoms with E-state index in [0.29, 0.717) is 30.3 Å². The number of amides is 1. The van der Waals surface area contributed by atoms with Crippen LogP contribution in [0, 0.1) is 11.3 Å². The third-order valence-electron chi connectivity index (χ3n) is 4.57. The molecule has 0 atom stereocenters. The second kappa shape index (κ2) is 5.60. The van der Waals surface area contributed by atoms with Gasteiger partial charge in [-0.05, 0) is 49.9 Å². The molecule has 0 aromatic carbocycles. The van der Waals surface area contributed by atoms with Gasteiger partial charge in [-0.1, -0.05) is 13.8 Å². The first-order valence-corrected chi connectivity index (χ1v) is 7.42. The molecule has 18 heavy (non-hydrogen) atoms. The molecule has 1 N–H and O–H groups in total. The van der Waals surface area contributed by atoms with E-state index in [4.69, 9.17) is 5.11 Å². The van der Waals surface area contributed by atoms with Gasteiger partial charge in [0.1, 0.15) is 0 Å². The summed E-state index contributed by atoms with van der Waals surface area (Å²) in [4.78, 5) is 14.2. The highest BCUT2D eigenvalue weighted by atomic mass is 16.3. The molecule has 2 rings (SSSR count). The summed E-state index contributed by atoms with van der Waals surface area (Å²) in [7, 11) is 0. The van der Waals surface area contributed by atoms with Gasteiger partial charge in [-0.3, -0.25) is 4.79 Å². The Morgan fingerprint density at radius 1 is 1.22 bits per heavy atom. The van der Waals surface area contributed by atoms with E-state index >= 15 is 0 Å². The third-order valence-corrected chi connectivity index (χ3v) is 4.57. The zero-order valence-corrected chi connectivity index (χ0v) is 11.8. The van der Waals surface area contributed by atoms with Crippen molar-refractivity contribution in [3.63, 3.8) is 0 Å². The SMILES string of the molecule is CC1(C)CCC(CC(=O)N(CCO)C2CC2)CC1. The predicted octanol–water partition coefficient (Wildman–Crippen LogP) is 2.58. The van der Waals surface area contributed by atoms with E-state index in [9.17, 15) is 4.79 Å². The fourth-order valence-corrected chi connectivity index (χ4v) is 3.03. The summed E-state index contributed by atoms with van der Waals surface area (Å²) in [5.41, 5.74) is 0.473. The quantitative estimate of drug-likeness (QED) is 0.818. The molecule has 1 amide bonds. The molecule has 3 nitrogen and oxygen atoms in total. The van der Waals surface area contributed by atoms with E-state index < -0.39 is 0 Å². The number of hydrogen-bond acceptors (Lipinski definition) is 2. The predicted molar refractivity (Wildman–Crippen MR) is 72.2 cm³/mol. The molecule has 2 aliphatic rings. The number of carbonyl (C=O) groups is 1. The Labute approximate surface area is 111 Å². The lowest BCUT2D eigenvalue weighted by Gasteiger charge is -2.35. The van der Waals surface area contributed by atoms with Crippen molar-refractivity contribution >= 4 is 5.91 Å². The number of hydrogen-bond donors (Lipinski definition) is 1. The van der Waals surface area contributed by atoms with Crippen LogP contribution in [-0.2, 0) is 4.79 Å².